The molecule has 52 valence electrons. The van der Waals surface area contributed by atoms with Crippen LogP contribution in [0.5, 0.6) is 0 Å². The van der Waals surface area contributed by atoms with Gasteiger partial charge in [0.15, 0.2) is 0 Å². The van der Waals surface area contributed by atoms with Gasteiger partial charge in [-0.05, 0) is 13.8 Å². The van der Waals surface area contributed by atoms with Crippen molar-refractivity contribution in [1.29, 1.82) is 0 Å². The zero-order valence-corrected chi connectivity index (χ0v) is 5.74. The third-order valence-corrected chi connectivity index (χ3v) is 0.852. The van der Waals surface area contributed by atoms with Crippen molar-refractivity contribution in [2.45, 2.75) is 20.0 Å². The molecular formula is C7H12O2. The molecule has 0 rings (SSSR count). The van der Waals surface area contributed by atoms with Crippen molar-refractivity contribution in [2.24, 2.45) is 0 Å². The smallest absolute Gasteiger partial charge is 0.108 e. The van der Waals surface area contributed by atoms with Crippen LogP contribution in [0.4, 0.5) is 0 Å². The average molecular weight is 128 g/mol. The van der Waals surface area contributed by atoms with Gasteiger partial charge in [-0.1, -0.05) is 24.3 Å². The van der Waals surface area contributed by atoms with E-state index in [-0.39, 0.29) is 6.10 Å². The predicted molar refractivity (Wildman–Crippen MR) is 37.1 cm³/mol. The number of hydrogen-bond donors (Lipinski definition) is 1. The summed E-state index contributed by atoms with van der Waals surface area (Å²) in [6.45, 7) is 3.68. The Kier molecular flexibility index (Phi) is 5.17. The van der Waals surface area contributed by atoms with Crippen LogP contribution in [0.15, 0.2) is 24.3 Å². The zero-order chi connectivity index (χ0) is 7.11. The molecule has 0 aromatic heterocycles. The normalized spacial score (nSPS) is 15.4. The lowest BCUT2D eigenvalue weighted by atomic mass is 10.3. The molecule has 1 N–H and O–H groups in total. The van der Waals surface area contributed by atoms with E-state index in [1.165, 1.54) is 0 Å². The molecule has 0 aliphatic rings. The molecule has 0 spiro atoms. The highest BCUT2D eigenvalue weighted by atomic mass is 17.1. The average Bonchev–Trinajstić information content (AvgIpc) is 1.89. The summed E-state index contributed by atoms with van der Waals surface area (Å²) in [5.74, 6) is 0. The lowest BCUT2D eigenvalue weighted by Gasteiger charge is -1.96. The van der Waals surface area contributed by atoms with Crippen molar-refractivity contribution in [3.8, 4) is 0 Å². The van der Waals surface area contributed by atoms with Crippen LogP contribution in [0.1, 0.15) is 13.8 Å². The van der Waals surface area contributed by atoms with Crippen LogP contribution in [0, 0.1) is 0 Å². The Morgan fingerprint density at radius 3 is 2.56 bits per heavy atom. The van der Waals surface area contributed by atoms with Crippen molar-refractivity contribution in [3.63, 3.8) is 0 Å². The molecule has 0 aliphatic heterocycles. The van der Waals surface area contributed by atoms with Crippen molar-refractivity contribution < 1.29 is 10.1 Å². The molecule has 2 heteroatoms. The minimum Gasteiger partial charge on any atom is -0.251 e. The highest BCUT2D eigenvalue weighted by Gasteiger charge is 1.88. The van der Waals surface area contributed by atoms with E-state index >= 15 is 0 Å². The molecule has 0 radical (unpaired) electrons. The largest absolute Gasteiger partial charge is 0.251 e. The second-order valence-electron chi connectivity index (χ2n) is 1.72. The van der Waals surface area contributed by atoms with Crippen molar-refractivity contribution in [1.82, 2.24) is 0 Å². The van der Waals surface area contributed by atoms with Crippen molar-refractivity contribution >= 4 is 0 Å². The van der Waals surface area contributed by atoms with Gasteiger partial charge in [-0.2, -0.15) is 0 Å². The summed E-state index contributed by atoms with van der Waals surface area (Å²) < 4.78 is 0. The Bertz CT molecular complexity index is 105. The third-order valence-electron chi connectivity index (χ3n) is 0.852. The maximum Gasteiger partial charge on any atom is 0.108 e. The minimum absolute atomic E-state index is 0.221. The topological polar surface area (TPSA) is 29.5 Å². The first-order chi connectivity index (χ1) is 4.31. The van der Waals surface area contributed by atoms with Gasteiger partial charge >= 0.3 is 0 Å². The number of hydrogen-bond acceptors (Lipinski definition) is 2. The fraction of sp³-hybridized carbons (Fsp3) is 0.429. The maximum absolute atomic E-state index is 8.06. The SMILES string of the molecule is C/C=C\C=C\C(C)OO. The molecule has 0 aromatic rings. The van der Waals surface area contributed by atoms with Crippen LogP contribution in [-0.4, -0.2) is 11.4 Å². The van der Waals surface area contributed by atoms with Crippen LogP contribution in [0.3, 0.4) is 0 Å². The first-order valence-electron chi connectivity index (χ1n) is 2.91. The molecule has 0 fully saturated rings. The second-order valence-corrected chi connectivity index (χ2v) is 1.72. The molecule has 0 aliphatic carbocycles. The highest BCUT2D eigenvalue weighted by Crippen LogP contribution is 1.88. The molecule has 2 nitrogen and oxygen atoms in total. The second kappa shape index (κ2) is 5.54. The van der Waals surface area contributed by atoms with Crippen LogP contribution in [0.25, 0.3) is 0 Å². The lowest BCUT2D eigenvalue weighted by Crippen LogP contribution is -1.98. The Morgan fingerprint density at radius 2 is 2.11 bits per heavy atom. The lowest BCUT2D eigenvalue weighted by molar-refractivity contribution is -0.261. The number of allylic oxidation sites excluding steroid dienone is 3. The molecular weight excluding hydrogens is 116 g/mol. The van der Waals surface area contributed by atoms with Gasteiger partial charge in [0.05, 0.1) is 0 Å². The summed E-state index contributed by atoms with van der Waals surface area (Å²) in [7, 11) is 0. The van der Waals surface area contributed by atoms with E-state index in [9.17, 15) is 0 Å². The van der Waals surface area contributed by atoms with Crippen LogP contribution in [0.2, 0.25) is 0 Å². The van der Waals surface area contributed by atoms with Gasteiger partial charge in [0.1, 0.15) is 6.10 Å². The summed E-state index contributed by atoms with van der Waals surface area (Å²) in [5.41, 5.74) is 0. The molecule has 1 atom stereocenters. The first-order valence-corrected chi connectivity index (χ1v) is 2.91. The van der Waals surface area contributed by atoms with Gasteiger partial charge in [-0.3, -0.25) is 5.26 Å². The number of rotatable bonds is 3. The summed E-state index contributed by atoms with van der Waals surface area (Å²) in [6, 6.07) is 0. The standard InChI is InChI=1S/C7H12O2/c1-3-4-5-6-7(2)9-8/h3-8H,1-2H3/b4-3-,6-5+. The Hall–Kier alpha value is -0.600. The zero-order valence-electron chi connectivity index (χ0n) is 5.74. The van der Waals surface area contributed by atoms with E-state index in [1.807, 2.05) is 25.2 Å². The molecule has 0 amide bonds. The Labute approximate surface area is 55.4 Å². The Morgan fingerprint density at radius 1 is 1.44 bits per heavy atom. The van der Waals surface area contributed by atoms with E-state index < -0.39 is 0 Å². The predicted octanol–water partition coefficient (Wildman–Crippen LogP) is 2.00. The van der Waals surface area contributed by atoms with Crippen molar-refractivity contribution in [2.75, 3.05) is 0 Å². The highest BCUT2D eigenvalue weighted by molar-refractivity contribution is 5.02. The molecule has 0 saturated heterocycles. The van der Waals surface area contributed by atoms with Gasteiger partial charge in [0, 0.05) is 0 Å². The minimum atomic E-state index is -0.221. The Balaban J connectivity index is 3.43. The molecule has 9 heavy (non-hydrogen) atoms. The fourth-order valence-electron chi connectivity index (χ4n) is 0.367. The van der Waals surface area contributed by atoms with E-state index in [1.54, 1.807) is 13.0 Å². The molecule has 0 bridgehead atoms. The van der Waals surface area contributed by atoms with E-state index in [0.717, 1.165) is 0 Å². The summed E-state index contributed by atoms with van der Waals surface area (Å²) in [6.07, 6.45) is 7.12. The quantitative estimate of drug-likeness (QED) is 0.358. The van der Waals surface area contributed by atoms with Crippen LogP contribution in [-0.2, 0) is 4.89 Å². The monoisotopic (exact) mass is 128 g/mol. The van der Waals surface area contributed by atoms with Gasteiger partial charge in [0.2, 0.25) is 0 Å². The van der Waals surface area contributed by atoms with Gasteiger partial charge in [0.25, 0.3) is 0 Å². The van der Waals surface area contributed by atoms with Crippen LogP contribution >= 0.6 is 0 Å². The molecule has 0 aromatic carbocycles. The molecule has 0 heterocycles. The van der Waals surface area contributed by atoms with Gasteiger partial charge in [-0.25, -0.2) is 4.89 Å². The van der Waals surface area contributed by atoms with E-state index in [0.29, 0.717) is 0 Å². The van der Waals surface area contributed by atoms with E-state index in [4.69, 9.17) is 5.26 Å². The molecule has 0 saturated carbocycles. The van der Waals surface area contributed by atoms with Gasteiger partial charge < -0.3 is 0 Å². The fourth-order valence-corrected chi connectivity index (χ4v) is 0.367. The maximum atomic E-state index is 8.06. The summed E-state index contributed by atoms with van der Waals surface area (Å²) in [4.78, 5) is 3.98. The first kappa shape index (κ1) is 8.40. The summed E-state index contributed by atoms with van der Waals surface area (Å²) in [5, 5.41) is 8.06. The van der Waals surface area contributed by atoms with Crippen molar-refractivity contribution in [3.05, 3.63) is 24.3 Å². The molecule has 1 unspecified atom stereocenters. The van der Waals surface area contributed by atoms with Gasteiger partial charge in [-0.15, -0.1) is 0 Å². The van der Waals surface area contributed by atoms with Crippen LogP contribution < -0.4 is 0 Å². The van der Waals surface area contributed by atoms with E-state index in [2.05, 4.69) is 4.89 Å². The summed E-state index contributed by atoms with van der Waals surface area (Å²) >= 11 is 0. The third kappa shape index (κ3) is 5.27.